The highest BCUT2D eigenvalue weighted by Gasteiger charge is 2.23. The van der Waals surface area contributed by atoms with Gasteiger partial charge in [-0.25, -0.2) is 9.59 Å². The average molecular weight is 437 g/mol. The van der Waals surface area contributed by atoms with Crippen molar-refractivity contribution in [3.05, 3.63) is 65.2 Å². The normalized spacial score (nSPS) is 18.4. The van der Waals surface area contributed by atoms with Gasteiger partial charge in [0.1, 0.15) is 12.7 Å². The van der Waals surface area contributed by atoms with Crippen molar-refractivity contribution in [1.82, 2.24) is 0 Å². The predicted octanol–water partition coefficient (Wildman–Crippen LogP) is 5.12. The van der Waals surface area contributed by atoms with E-state index in [0.717, 1.165) is 37.2 Å². The van der Waals surface area contributed by atoms with Crippen LogP contribution in [0.4, 0.5) is 11.4 Å². The van der Waals surface area contributed by atoms with Gasteiger partial charge in [-0.3, -0.25) is 0 Å². The summed E-state index contributed by atoms with van der Waals surface area (Å²) in [5, 5.41) is 0. The second-order valence-electron chi connectivity index (χ2n) is 8.36. The third kappa shape index (κ3) is 6.87. The zero-order valence-electron chi connectivity index (χ0n) is 18.6. The van der Waals surface area contributed by atoms with Crippen LogP contribution in [0.3, 0.4) is 0 Å². The maximum atomic E-state index is 12.4. The number of ether oxygens (including phenoxy) is 2. The molecule has 0 unspecified atom stereocenters. The molecule has 0 aromatic heterocycles. The van der Waals surface area contributed by atoms with Crippen molar-refractivity contribution in [3.8, 4) is 0 Å². The monoisotopic (exact) mass is 436 g/mol. The molecule has 0 bridgehead atoms. The van der Waals surface area contributed by atoms with Crippen LogP contribution in [-0.2, 0) is 20.9 Å². The fraction of sp³-hybridized carbons (Fsp3) is 0.385. The highest BCUT2D eigenvalue weighted by molar-refractivity contribution is 5.90. The number of carbonyl (C=O) groups is 2. The minimum atomic E-state index is -0.483. The molecule has 32 heavy (non-hydrogen) atoms. The lowest BCUT2D eigenvalue weighted by Crippen LogP contribution is -2.24. The molecule has 1 saturated carbocycles. The molecule has 0 saturated heterocycles. The Labute approximate surface area is 189 Å². The number of esters is 2. The summed E-state index contributed by atoms with van der Waals surface area (Å²) >= 11 is 0. The van der Waals surface area contributed by atoms with E-state index in [-0.39, 0.29) is 18.7 Å². The van der Waals surface area contributed by atoms with Gasteiger partial charge in [0.2, 0.25) is 0 Å². The highest BCUT2D eigenvalue weighted by atomic mass is 16.5. The molecule has 0 amide bonds. The van der Waals surface area contributed by atoms with E-state index < -0.39 is 5.97 Å². The van der Waals surface area contributed by atoms with Crippen molar-refractivity contribution in [2.75, 3.05) is 11.5 Å². The molecular weight excluding hydrogens is 404 g/mol. The van der Waals surface area contributed by atoms with Crippen LogP contribution >= 0.6 is 0 Å². The SMILES string of the molecule is CCCC1CCC(OC(=O)c2ccc(/C=C/C(=O)OCc3ccc(N)cc3N)cc2)CC1. The third-order valence-electron chi connectivity index (χ3n) is 5.86. The Kier molecular flexibility index (Phi) is 8.31. The molecular formula is C26H32N2O4. The maximum Gasteiger partial charge on any atom is 0.338 e. The van der Waals surface area contributed by atoms with Crippen LogP contribution < -0.4 is 11.5 Å². The minimum Gasteiger partial charge on any atom is -0.459 e. The summed E-state index contributed by atoms with van der Waals surface area (Å²) in [7, 11) is 0. The van der Waals surface area contributed by atoms with Crippen LogP contribution in [0.25, 0.3) is 6.08 Å². The Hall–Kier alpha value is -3.28. The van der Waals surface area contributed by atoms with Crippen LogP contribution in [0.15, 0.2) is 48.5 Å². The summed E-state index contributed by atoms with van der Waals surface area (Å²) < 4.78 is 10.9. The number of anilines is 2. The molecule has 0 atom stereocenters. The summed E-state index contributed by atoms with van der Waals surface area (Å²) in [4.78, 5) is 24.4. The molecule has 1 fully saturated rings. The van der Waals surface area contributed by atoms with E-state index in [4.69, 9.17) is 20.9 Å². The van der Waals surface area contributed by atoms with Crippen molar-refractivity contribution in [1.29, 1.82) is 0 Å². The van der Waals surface area contributed by atoms with E-state index in [1.807, 2.05) is 0 Å². The fourth-order valence-electron chi connectivity index (χ4n) is 4.00. The number of nitrogen functional groups attached to an aromatic ring is 2. The van der Waals surface area contributed by atoms with Crippen LogP contribution in [0, 0.1) is 5.92 Å². The van der Waals surface area contributed by atoms with Crippen molar-refractivity contribution in [2.24, 2.45) is 5.92 Å². The van der Waals surface area contributed by atoms with E-state index in [0.29, 0.717) is 22.5 Å². The Morgan fingerprint density at radius 2 is 1.75 bits per heavy atom. The van der Waals surface area contributed by atoms with Crippen molar-refractivity contribution >= 4 is 29.4 Å². The first kappa shape index (κ1) is 23.4. The smallest absolute Gasteiger partial charge is 0.338 e. The van der Waals surface area contributed by atoms with Crippen molar-refractivity contribution < 1.29 is 19.1 Å². The summed E-state index contributed by atoms with van der Waals surface area (Å²) in [5.74, 6) is -0.0000796. The van der Waals surface area contributed by atoms with Gasteiger partial charge in [-0.15, -0.1) is 0 Å². The Balaban J connectivity index is 1.45. The largest absolute Gasteiger partial charge is 0.459 e. The molecule has 0 spiro atoms. The molecule has 0 radical (unpaired) electrons. The summed E-state index contributed by atoms with van der Waals surface area (Å²) in [5.41, 5.74) is 14.6. The topological polar surface area (TPSA) is 105 Å². The van der Waals surface area contributed by atoms with Gasteiger partial charge in [0.05, 0.1) is 5.56 Å². The number of benzene rings is 2. The van der Waals surface area contributed by atoms with Gasteiger partial charge in [-0.05, 0) is 67.5 Å². The molecule has 170 valence electrons. The predicted molar refractivity (Wildman–Crippen MR) is 127 cm³/mol. The van der Waals surface area contributed by atoms with Gasteiger partial charge in [0.25, 0.3) is 0 Å². The lowest BCUT2D eigenvalue weighted by atomic mass is 9.85. The van der Waals surface area contributed by atoms with Crippen LogP contribution in [0.5, 0.6) is 0 Å². The van der Waals surface area contributed by atoms with Gasteiger partial charge in [-0.2, -0.15) is 0 Å². The molecule has 3 rings (SSSR count). The van der Waals surface area contributed by atoms with E-state index >= 15 is 0 Å². The number of hydrogen-bond donors (Lipinski definition) is 2. The molecule has 1 aliphatic carbocycles. The Morgan fingerprint density at radius 1 is 1.03 bits per heavy atom. The van der Waals surface area contributed by atoms with E-state index in [1.165, 1.54) is 18.9 Å². The first-order chi connectivity index (χ1) is 15.4. The van der Waals surface area contributed by atoms with Gasteiger partial charge in [-0.1, -0.05) is 38.0 Å². The van der Waals surface area contributed by atoms with E-state index in [2.05, 4.69) is 6.92 Å². The number of hydrogen-bond acceptors (Lipinski definition) is 6. The molecule has 6 nitrogen and oxygen atoms in total. The molecule has 6 heteroatoms. The second kappa shape index (κ2) is 11.4. The van der Waals surface area contributed by atoms with Crippen LogP contribution in [0.1, 0.15) is 66.9 Å². The number of rotatable bonds is 8. The first-order valence-electron chi connectivity index (χ1n) is 11.2. The van der Waals surface area contributed by atoms with Crippen LogP contribution in [0.2, 0.25) is 0 Å². The molecule has 4 N–H and O–H groups in total. The Bertz CT molecular complexity index is 945. The first-order valence-corrected chi connectivity index (χ1v) is 11.2. The average Bonchev–Trinajstić information content (AvgIpc) is 2.79. The lowest BCUT2D eigenvalue weighted by molar-refractivity contribution is -0.138. The van der Waals surface area contributed by atoms with Crippen molar-refractivity contribution in [2.45, 2.75) is 58.2 Å². The lowest BCUT2D eigenvalue weighted by Gasteiger charge is -2.28. The van der Waals surface area contributed by atoms with Gasteiger partial charge in [0, 0.05) is 23.0 Å². The minimum absolute atomic E-state index is 0.0139. The molecule has 0 heterocycles. The summed E-state index contributed by atoms with van der Waals surface area (Å²) in [6.45, 7) is 2.28. The number of carbonyl (C=O) groups excluding carboxylic acids is 2. The molecule has 1 aliphatic rings. The maximum absolute atomic E-state index is 12.4. The zero-order valence-corrected chi connectivity index (χ0v) is 18.6. The molecule has 2 aromatic rings. The number of nitrogens with two attached hydrogens (primary N) is 2. The van der Waals surface area contributed by atoms with Gasteiger partial charge < -0.3 is 20.9 Å². The van der Waals surface area contributed by atoms with E-state index in [9.17, 15) is 9.59 Å². The summed E-state index contributed by atoms with van der Waals surface area (Å²) in [6.07, 6.45) is 9.63. The van der Waals surface area contributed by atoms with Gasteiger partial charge >= 0.3 is 11.9 Å². The molecule has 0 aliphatic heterocycles. The second-order valence-corrected chi connectivity index (χ2v) is 8.36. The zero-order chi connectivity index (χ0) is 22.9. The standard InChI is InChI=1S/C26H32N2O4/c1-2-3-18-6-13-23(14-7-18)32-26(30)20-9-4-19(5-10-20)8-15-25(29)31-17-21-11-12-22(27)16-24(21)28/h4-5,8-12,15-16,18,23H,2-3,6-7,13-14,17,27-28H2,1H3/b15-8+. The third-order valence-corrected chi connectivity index (χ3v) is 5.86. The highest BCUT2D eigenvalue weighted by Crippen LogP contribution is 2.29. The molecule has 2 aromatic carbocycles. The fourth-order valence-corrected chi connectivity index (χ4v) is 4.00. The Morgan fingerprint density at radius 3 is 2.41 bits per heavy atom. The van der Waals surface area contributed by atoms with E-state index in [1.54, 1.807) is 48.5 Å². The van der Waals surface area contributed by atoms with Gasteiger partial charge in [0.15, 0.2) is 0 Å². The van der Waals surface area contributed by atoms with Crippen molar-refractivity contribution in [3.63, 3.8) is 0 Å². The summed E-state index contributed by atoms with van der Waals surface area (Å²) in [6, 6.07) is 12.0. The van der Waals surface area contributed by atoms with Crippen LogP contribution in [-0.4, -0.2) is 18.0 Å². The quantitative estimate of drug-likeness (QED) is 0.338.